The van der Waals surface area contributed by atoms with Gasteiger partial charge in [-0.1, -0.05) is 11.6 Å². The number of fused-ring (bicyclic) bond motifs is 1. The normalized spacial score (nSPS) is 15.4. The molecule has 4 nitrogen and oxygen atoms in total. The molecule has 0 bridgehead atoms. The van der Waals surface area contributed by atoms with Gasteiger partial charge in [0, 0.05) is 24.2 Å². The van der Waals surface area contributed by atoms with Crippen molar-refractivity contribution in [2.75, 3.05) is 25.0 Å². The number of halogens is 1. The number of nitrogens with zero attached hydrogens (tertiary/aromatic N) is 1. The molecule has 19 heavy (non-hydrogen) atoms. The number of ether oxygens (including phenoxy) is 1. The summed E-state index contributed by atoms with van der Waals surface area (Å²) in [5, 5.41) is 3.81. The predicted molar refractivity (Wildman–Crippen MR) is 76.6 cm³/mol. The summed E-state index contributed by atoms with van der Waals surface area (Å²) in [5.74, 6) is 0.735. The summed E-state index contributed by atoms with van der Waals surface area (Å²) < 4.78 is 5.58. The Balaban J connectivity index is 2.15. The second kappa shape index (κ2) is 5.97. The Bertz CT molecular complexity index is 510. The quantitative estimate of drug-likeness (QED) is 0.866. The van der Waals surface area contributed by atoms with E-state index < -0.39 is 0 Å². The maximum Gasteiger partial charge on any atom is 0.248 e. The summed E-state index contributed by atoms with van der Waals surface area (Å²) in [5.41, 5.74) is 1.53. The van der Waals surface area contributed by atoms with E-state index in [9.17, 15) is 4.79 Å². The van der Waals surface area contributed by atoms with Crippen molar-refractivity contribution < 1.29 is 9.53 Å². The number of carbonyl (C=O) groups excluding carboxylic acids is 1. The monoisotopic (exact) mass is 280 g/mol. The van der Waals surface area contributed by atoms with E-state index in [4.69, 9.17) is 16.3 Å². The molecule has 1 aliphatic heterocycles. The van der Waals surface area contributed by atoms with Gasteiger partial charge in [0.2, 0.25) is 5.91 Å². The first-order valence-electron chi connectivity index (χ1n) is 6.33. The Morgan fingerprint density at radius 3 is 2.89 bits per heavy atom. The van der Waals surface area contributed by atoms with Crippen LogP contribution in [0.15, 0.2) is 30.0 Å². The number of benzene rings is 1. The van der Waals surface area contributed by atoms with Gasteiger partial charge in [-0.15, -0.1) is 0 Å². The van der Waals surface area contributed by atoms with Crippen molar-refractivity contribution in [3.8, 4) is 5.75 Å². The number of carbonyl (C=O) groups is 1. The second-order valence-corrected chi connectivity index (χ2v) is 4.67. The fraction of sp³-hybridized carbons (Fsp3) is 0.357. The van der Waals surface area contributed by atoms with E-state index in [0.717, 1.165) is 17.1 Å². The van der Waals surface area contributed by atoms with E-state index in [2.05, 4.69) is 5.32 Å². The lowest BCUT2D eigenvalue weighted by atomic mass is 10.2. The van der Waals surface area contributed by atoms with E-state index in [0.29, 0.717) is 24.7 Å². The third-order valence-electron chi connectivity index (χ3n) is 2.99. The molecule has 0 unspecified atom stereocenters. The van der Waals surface area contributed by atoms with Crippen LogP contribution in [0.1, 0.15) is 13.8 Å². The molecule has 1 aromatic carbocycles. The van der Waals surface area contributed by atoms with Gasteiger partial charge in [-0.2, -0.15) is 0 Å². The minimum atomic E-state index is -0.0124. The molecule has 1 heterocycles. The molecule has 1 N–H and O–H groups in total. The molecular formula is C14H17ClN2O2. The first-order valence-corrected chi connectivity index (χ1v) is 6.70. The molecule has 1 aromatic rings. The zero-order valence-electron chi connectivity index (χ0n) is 11.1. The zero-order chi connectivity index (χ0) is 13.8. The van der Waals surface area contributed by atoms with Gasteiger partial charge in [-0.05, 0) is 32.0 Å². The highest BCUT2D eigenvalue weighted by atomic mass is 35.5. The summed E-state index contributed by atoms with van der Waals surface area (Å²) in [6.07, 6.45) is 1.58. The molecule has 0 aromatic heterocycles. The van der Waals surface area contributed by atoms with E-state index in [1.165, 1.54) is 0 Å². The Hall–Kier alpha value is -1.68. The molecular weight excluding hydrogens is 264 g/mol. The fourth-order valence-electron chi connectivity index (χ4n) is 1.94. The lowest BCUT2D eigenvalue weighted by Crippen LogP contribution is -2.30. The topological polar surface area (TPSA) is 41.6 Å². The van der Waals surface area contributed by atoms with Crippen LogP contribution in [0.4, 0.5) is 5.69 Å². The number of amides is 1. The first kappa shape index (κ1) is 13.7. The third-order valence-corrected chi connectivity index (χ3v) is 3.23. The van der Waals surface area contributed by atoms with Crippen molar-refractivity contribution in [3.63, 3.8) is 0 Å². The van der Waals surface area contributed by atoms with Crippen LogP contribution < -0.4 is 10.1 Å². The summed E-state index contributed by atoms with van der Waals surface area (Å²) in [4.78, 5) is 13.7. The first-order chi connectivity index (χ1) is 9.13. The highest BCUT2D eigenvalue weighted by Crippen LogP contribution is 2.32. The van der Waals surface area contributed by atoms with E-state index in [1.807, 2.05) is 19.9 Å². The third kappa shape index (κ3) is 3.20. The Morgan fingerprint density at radius 2 is 2.21 bits per heavy atom. The summed E-state index contributed by atoms with van der Waals surface area (Å²) in [6, 6.07) is 5.37. The lowest BCUT2D eigenvalue weighted by molar-refractivity contribution is -0.125. The maximum absolute atomic E-state index is 12.0. The summed E-state index contributed by atoms with van der Waals surface area (Å²) in [6.45, 7) is 5.67. The molecule has 1 amide bonds. The van der Waals surface area contributed by atoms with Crippen molar-refractivity contribution in [1.29, 1.82) is 0 Å². The van der Waals surface area contributed by atoms with Crippen molar-refractivity contribution >= 4 is 23.2 Å². The van der Waals surface area contributed by atoms with Gasteiger partial charge >= 0.3 is 0 Å². The van der Waals surface area contributed by atoms with Gasteiger partial charge in [0.25, 0.3) is 0 Å². The minimum absolute atomic E-state index is 0.0124. The summed E-state index contributed by atoms with van der Waals surface area (Å²) >= 11 is 5.94. The fourth-order valence-corrected chi connectivity index (χ4v) is 2.12. The van der Waals surface area contributed by atoms with Gasteiger partial charge < -0.3 is 15.0 Å². The molecule has 0 aliphatic carbocycles. The van der Waals surface area contributed by atoms with Gasteiger partial charge in [0.15, 0.2) is 0 Å². The molecule has 0 saturated carbocycles. The van der Waals surface area contributed by atoms with Crippen LogP contribution in [-0.2, 0) is 4.79 Å². The number of hydrogen-bond acceptors (Lipinski definition) is 3. The van der Waals surface area contributed by atoms with Gasteiger partial charge in [0.1, 0.15) is 12.4 Å². The number of rotatable bonds is 3. The average Bonchev–Trinajstić information content (AvgIpc) is 2.39. The zero-order valence-corrected chi connectivity index (χ0v) is 11.8. The highest BCUT2D eigenvalue weighted by Gasteiger charge is 2.16. The molecule has 2 rings (SSSR count). The smallest absolute Gasteiger partial charge is 0.248 e. The van der Waals surface area contributed by atoms with Crippen LogP contribution in [0, 0.1) is 0 Å². The van der Waals surface area contributed by atoms with Gasteiger partial charge in [-0.25, -0.2) is 0 Å². The van der Waals surface area contributed by atoms with Gasteiger partial charge in [-0.3, -0.25) is 4.79 Å². The van der Waals surface area contributed by atoms with E-state index >= 15 is 0 Å². The van der Waals surface area contributed by atoms with Crippen LogP contribution in [0.5, 0.6) is 5.75 Å². The Kier molecular flexibility index (Phi) is 4.32. The van der Waals surface area contributed by atoms with Crippen molar-refractivity contribution in [3.05, 3.63) is 35.0 Å². The van der Waals surface area contributed by atoms with Crippen molar-refractivity contribution in [2.45, 2.75) is 13.8 Å². The molecule has 0 spiro atoms. The molecule has 0 atom stereocenters. The molecule has 5 heteroatoms. The second-order valence-electron chi connectivity index (χ2n) is 4.23. The van der Waals surface area contributed by atoms with Crippen LogP contribution in [0.25, 0.3) is 0 Å². The minimum Gasteiger partial charge on any atom is -0.485 e. The van der Waals surface area contributed by atoms with Crippen LogP contribution >= 0.6 is 11.6 Å². The van der Waals surface area contributed by atoms with Crippen LogP contribution in [0.3, 0.4) is 0 Å². The van der Waals surface area contributed by atoms with Crippen LogP contribution in [0.2, 0.25) is 5.02 Å². The number of anilines is 1. The summed E-state index contributed by atoms with van der Waals surface area (Å²) in [7, 11) is 0. The Morgan fingerprint density at radius 1 is 1.47 bits per heavy atom. The molecule has 1 aliphatic rings. The predicted octanol–water partition coefficient (Wildman–Crippen LogP) is 2.90. The number of likely N-dealkylation sites (N-methyl/N-ethyl adjacent to an activating group) is 1. The molecule has 102 valence electrons. The molecule has 0 radical (unpaired) electrons. The van der Waals surface area contributed by atoms with Crippen molar-refractivity contribution in [2.24, 2.45) is 0 Å². The number of nitrogens with one attached hydrogen (secondary N) is 1. The SMILES string of the molecule is CCN(CC)C(=O)/C=C1/COc2ccc(Cl)cc2N1. The largest absolute Gasteiger partial charge is 0.485 e. The lowest BCUT2D eigenvalue weighted by Gasteiger charge is -2.23. The van der Waals surface area contributed by atoms with Gasteiger partial charge in [0.05, 0.1) is 11.4 Å². The Labute approximate surface area is 118 Å². The van der Waals surface area contributed by atoms with Crippen LogP contribution in [-0.4, -0.2) is 30.5 Å². The van der Waals surface area contributed by atoms with E-state index in [1.54, 1.807) is 23.1 Å². The average molecular weight is 281 g/mol. The maximum atomic E-state index is 12.0. The van der Waals surface area contributed by atoms with Crippen molar-refractivity contribution in [1.82, 2.24) is 4.90 Å². The van der Waals surface area contributed by atoms with E-state index in [-0.39, 0.29) is 5.91 Å². The number of hydrogen-bond donors (Lipinski definition) is 1. The molecule has 0 saturated heterocycles. The highest BCUT2D eigenvalue weighted by molar-refractivity contribution is 6.31. The standard InChI is InChI=1S/C14H17ClN2O2/c1-3-17(4-2)14(18)8-11-9-19-13-6-5-10(15)7-12(13)16-11/h5-8,16H,3-4,9H2,1-2H3/b11-8-. The molecule has 0 fully saturated rings.